The smallest absolute Gasteiger partial charge is 0.285 e. The molecule has 0 bridgehead atoms. The summed E-state index contributed by atoms with van der Waals surface area (Å²) in [6.07, 6.45) is 7.30. The number of hydrogen-bond acceptors (Lipinski definition) is 4. The Morgan fingerprint density at radius 1 is 1.37 bits per heavy atom. The summed E-state index contributed by atoms with van der Waals surface area (Å²) in [5.41, 5.74) is 5.36. The van der Waals surface area contributed by atoms with Crippen molar-refractivity contribution in [2.24, 2.45) is 0 Å². The average molecular weight is 443 g/mol. The van der Waals surface area contributed by atoms with Crippen LogP contribution in [0.1, 0.15) is 32.6 Å². The van der Waals surface area contributed by atoms with E-state index in [0.717, 1.165) is 36.4 Å². The van der Waals surface area contributed by atoms with Crippen molar-refractivity contribution in [1.29, 1.82) is 0 Å². The lowest BCUT2D eigenvalue weighted by Crippen LogP contribution is -2.26. The molecule has 0 aliphatic rings. The number of thiophene rings is 1. The number of rotatable bonds is 10. The molecule has 0 aliphatic carbocycles. The summed E-state index contributed by atoms with van der Waals surface area (Å²) < 4.78 is 6.08. The van der Waals surface area contributed by atoms with Gasteiger partial charge in [-0.15, -0.1) is 11.3 Å². The van der Waals surface area contributed by atoms with E-state index in [1.165, 1.54) is 16.9 Å². The fraction of sp³-hybridized carbons (Fsp3) is 0.217. The van der Waals surface area contributed by atoms with Crippen LogP contribution in [0, 0.1) is 0 Å². The molecule has 0 radical (unpaired) electrons. The SMILES string of the molecule is C=C/C=C(\C=C/C)c1cc(COC(=PC)N(C)Cc2ccccc2)sc1C(=O)NO. The summed E-state index contributed by atoms with van der Waals surface area (Å²) in [4.78, 5) is 15.6. The highest BCUT2D eigenvalue weighted by molar-refractivity contribution is 7.38. The third-order valence-electron chi connectivity index (χ3n) is 4.17. The van der Waals surface area contributed by atoms with E-state index in [-0.39, 0.29) is 0 Å². The number of amides is 1. The van der Waals surface area contributed by atoms with Crippen molar-refractivity contribution in [3.63, 3.8) is 0 Å². The Balaban J connectivity index is 2.20. The minimum absolute atomic E-state index is 0.336. The van der Waals surface area contributed by atoms with Crippen LogP contribution in [0.3, 0.4) is 0 Å². The van der Waals surface area contributed by atoms with Crippen molar-refractivity contribution in [1.82, 2.24) is 10.4 Å². The highest BCUT2D eigenvalue weighted by atomic mass is 32.1. The van der Waals surface area contributed by atoms with E-state index in [1.807, 2.05) is 63.1 Å². The normalized spacial score (nSPS) is 12.6. The summed E-state index contributed by atoms with van der Waals surface area (Å²) in [6, 6.07) is 12.1. The molecular formula is C23H27N2O3PS. The molecule has 1 aromatic heterocycles. The maximum atomic E-state index is 12.2. The Hall–Kier alpha value is -2.34. The Bertz CT molecular complexity index is 949. The minimum Gasteiger partial charge on any atom is -0.326 e. The molecule has 30 heavy (non-hydrogen) atoms. The Labute approximate surface area is 183 Å². The molecule has 1 amide bonds. The van der Waals surface area contributed by atoms with E-state index in [0.29, 0.717) is 11.5 Å². The van der Waals surface area contributed by atoms with Crippen molar-refractivity contribution in [2.75, 3.05) is 13.7 Å². The van der Waals surface area contributed by atoms with Crippen LogP contribution in [0.5, 0.6) is 0 Å². The fourth-order valence-electron chi connectivity index (χ4n) is 2.89. The van der Waals surface area contributed by atoms with Gasteiger partial charge in [-0.2, -0.15) is 0 Å². The van der Waals surface area contributed by atoms with Gasteiger partial charge in [0.25, 0.3) is 5.91 Å². The van der Waals surface area contributed by atoms with Crippen molar-refractivity contribution in [3.8, 4) is 0 Å². The van der Waals surface area contributed by atoms with Crippen molar-refractivity contribution < 1.29 is 14.7 Å². The summed E-state index contributed by atoms with van der Waals surface area (Å²) in [6.45, 7) is 8.76. The molecule has 2 rings (SSSR count). The van der Waals surface area contributed by atoms with Crippen LogP contribution in [0.2, 0.25) is 0 Å². The number of carbonyl (C=O) groups excluding carboxylic acids is 1. The molecule has 2 N–H and O–H groups in total. The number of allylic oxidation sites excluding steroid dienone is 5. The first kappa shape index (κ1) is 23.9. The van der Waals surface area contributed by atoms with Crippen molar-refractivity contribution in [2.45, 2.75) is 20.1 Å². The van der Waals surface area contributed by atoms with Gasteiger partial charge in [0.2, 0.25) is 0 Å². The van der Waals surface area contributed by atoms with Gasteiger partial charge >= 0.3 is 0 Å². The topological polar surface area (TPSA) is 61.8 Å². The van der Waals surface area contributed by atoms with E-state index in [4.69, 9.17) is 9.94 Å². The number of hydroxylamine groups is 1. The molecule has 0 saturated heterocycles. The molecular weight excluding hydrogens is 415 g/mol. The molecule has 0 aliphatic heterocycles. The lowest BCUT2D eigenvalue weighted by atomic mass is 10.0. The van der Waals surface area contributed by atoms with Crippen molar-refractivity contribution >= 4 is 36.6 Å². The second-order valence-corrected chi connectivity index (χ2v) is 8.36. The fourth-order valence-corrected chi connectivity index (χ4v) is 4.48. The summed E-state index contributed by atoms with van der Waals surface area (Å²) >= 11 is 1.30. The van der Waals surface area contributed by atoms with Crippen LogP contribution in [0.4, 0.5) is 0 Å². The first-order valence-electron chi connectivity index (χ1n) is 9.41. The largest absolute Gasteiger partial charge is 0.326 e. The highest BCUT2D eigenvalue weighted by Crippen LogP contribution is 2.30. The molecule has 2 aromatic rings. The molecule has 0 spiro atoms. The first-order chi connectivity index (χ1) is 14.5. The van der Waals surface area contributed by atoms with Gasteiger partial charge in [0.15, 0.2) is 0 Å². The molecule has 0 saturated carbocycles. The van der Waals surface area contributed by atoms with E-state index < -0.39 is 5.91 Å². The van der Waals surface area contributed by atoms with Gasteiger partial charge in [0.05, 0.1) is 6.61 Å². The summed E-state index contributed by atoms with van der Waals surface area (Å²) in [5.74, 6) is -0.542. The molecule has 0 fully saturated rings. The molecule has 0 unspecified atom stereocenters. The van der Waals surface area contributed by atoms with E-state index in [2.05, 4.69) is 23.6 Å². The standard InChI is InChI=1S/C23H27N2O3PS/c1-5-10-18(11-6-2)20-14-19(30-21(20)22(26)24-27)16-28-23(29-4)25(3)15-17-12-8-7-9-13-17/h5-14,27H,1,15-16H2,2-4H3,(H,24,26)/b11-6-,18-10+. The Morgan fingerprint density at radius 2 is 2.10 bits per heavy atom. The lowest BCUT2D eigenvalue weighted by Gasteiger charge is -2.19. The number of carbonyl (C=O) groups is 1. The van der Waals surface area contributed by atoms with Crippen LogP contribution >= 0.6 is 19.5 Å². The number of hydrogen-bond donors (Lipinski definition) is 2. The van der Waals surface area contributed by atoms with E-state index in [1.54, 1.807) is 11.6 Å². The number of nitrogens with zero attached hydrogens (tertiary/aromatic N) is 1. The minimum atomic E-state index is -0.542. The van der Waals surface area contributed by atoms with Gasteiger partial charge in [-0.25, -0.2) is 5.48 Å². The van der Waals surface area contributed by atoms with Gasteiger partial charge in [-0.1, -0.05) is 69.4 Å². The average Bonchev–Trinajstić information content (AvgIpc) is 3.18. The van der Waals surface area contributed by atoms with Gasteiger partial charge < -0.3 is 4.74 Å². The Kier molecular flexibility index (Phi) is 9.87. The van der Waals surface area contributed by atoms with Gasteiger partial charge in [0, 0.05) is 17.0 Å². The number of nitrogens with one attached hydrogen (secondary N) is 1. The molecule has 1 aromatic carbocycles. The van der Waals surface area contributed by atoms with Crippen LogP contribution in [-0.4, -0.2) is 35.3 Å². The monoisotopic (exact) mass is 442 g/mol. The van der Waals surface area contributed by atoms with Crippen molar-refractivity contribution in [3.05, 3.63) is 88.2 Å². The second kappa shape index (κ2) is 12.4. The van der Waals surface area contributed by atoms with Crippen LogP contribution in [-0.2, 0) is 17.9 Å². The van der Waals surface area contributed by atoms with E-state index >= 15 is 0 Å². The predicted octanol–water partition coefficient (Wildman–Crippen LogP) is 5.32. The van der Waals surface area contributed by atoms with Gasteiger partial charge in [-0.05, 0) is 37.8 Å². The first-order valence-corrected chi connectivity index (χ1v) is 11.6. The van der Waals surface area contributed by atoms with E-state index in [9.17, 15) is 4.79 Å². The van der Waals surface area contributed by atoms with Crippen LogP contribution in [0.15, 0.2) is 67.3 Å². The van der Waals surface area contributed by atoms with Crippen LogP contribution < -0.4 is 5.48 Å². The van der Waals surface area contributed by atoms with Gasteiger partial charge in [-0.3, -0.25) is 14.9 Å². The maximum Gasteiger partial charge on any atom is 0.285 e. The number of ether oxygens (including phenoxy) is 1. The highest BCUT2D eigenvalue weighted by Gasteiger charge is 2.18. The molecule has 0 atom stereocenters. The third kappa shape index (κ3) is 6.59. The Morgan fingerprint density at radius 3 is 2.70 bits per heavy atom. The lowest BCUT2D eigenvalue weighted by molar-refractivity contribution is 0.0710. The van der Waals surface area contributed by atoms with Gasteiger partial charge in [0.1, 0.15) is 10.5 Å². The molecule has 158 valence electrons. The molecule has 7 heteroatoms. The number of benzene rings is 1. The predicted molar refractivity (Wildman–Crippen MR) is 127 cm³/mol. The third-order valence-corrected chi connectivity index (χ3v) is 6.13. The molecule has 1 heterocycles. The maximum absolute atomic E-state index is 12.2. The zero-order valence-electron chi connectivity index (χ0n) is 17.5. The summed E-state index contributed by atoms with van der Waals surface area (Å²) in [5, 5.41) is 9.14. The quantitative estimate of drug-likeness (QED) is 0.226. The second-order valence-electron chi connectivity index (χ2n) is 6.39. The zero-order chi connectivity index (χ0) is 21.9. The zero-order valence-corrected chi connectivity index (χ0v) is 19.2. The molecule has 5 nitrogen and oxygen atoms in total. The van der Waals surface area contributed by atoms with Crippen LogP contribution in [0.25, 0.3) is 5.57 Å². The summed E-state index contributed by atoms with van der Waals surface area (Å²) in [7, 11) is 3.01.